The van der Waals surface area contributed by atoms with E-state index in [-0.39, 0.29) is 24.1 Å². The van der Waals surface area contributed by atoms with Crippen LogP contribution in [0, 0.1) is 10.1 Å². The van der Waals surface area contributed by atoms with Crippen LogP contribution in [0.2, 0.25) is 0 Å². The number of fused-ring (bicyclic) bond motifs is 1. The number of non-ortho nitro benzene ring substituents is 1. The number of aromatic nitrogens is 2. The fourth-order valence-corrected chi connectivity index (χ4v) is 3.48. The van der Waals surface area contributed by atoms with Crippen LogP contribution < -0.4 is 10.2 Å². The van der Waals surface area contributed by atoms with Crippen molar-refractivity contribution in [2.24, 2.45) is 0 Å². The van der Waals surface area contributed by atoms with Gasteiger partial charge in [0.25, 0.3) is 5.69 Å². The molecule has 0 bridgehead atoms. The van der Waals surface area contributed by atoms with Gasteiger partial charge >= 0.3 is 0 Å². The maximum absolute atomic E-state index is 10.9. The van der Waals surface area contributed by atoms with Crippen molar-refractivity contribution in [3.05, 3.63) is 45.6 Å². The lowest BCUT2D eigenvalue weighted by Crippen LogP contribution is -2.45. The van der Waals surface area contributed by atoms with Gasteiger partial charge in [-0.05, 0) is 32.0 Å². The van der Waals surface area contributed by atoms with Crippen molar-refractivity contribution in [3.63, 3.8) is 0 Å². The number of hydrogen-bond donors (Lipinski definition) is 1. The topological polar surface area (TPSA) is 93.4 Å². The zero-order valence-corrected chi connectivity index (χ0v) is 15.9. The summed E-state index contributed by atoms with van der Waals surface area (Å²) >= 11 is 0. The Hall–Kier alpha value is -2.29. The number of nitro benzene ring substituents is 1. The molecule has 9 heteroatoms. The highest BCUT2D eigenvalue weighted by Gasteiger charge is 2.27. The molecular formula is C18H22ClN5O3. The van der Waals surface area contributed by atoms with Crippen LogP contribution in [-0.4, -0.2) is 47.2 Å². The zero-order chi connectivity index (χ0) is 18.1. The first-order valence-corrected chi connectivity index (χ1v) is 8.83. The van der Waals surface area contributed by atoms with E-state index in [2.05, 4.69) is 17.1 Å². The third-order valence-corrected chi connectivity index (χ3v) is 4.89. The highest BCUT2D eigenvalue weighted by molar-refractivity contribution is 5.85. The molecule has 144 valence electrons. The van der Waals surface area contributed by atoms with Gasteiger partial charge in [0.2, 0.25) is 0 Å². The molecule has 1 aromatic heterocycles. The smallest absolute Gasteiger partial charge is 0.269 e. The zero-order valence-electron chi connectivity index (χ0n) is 15.1. The average Bonchev–Trinajstić information content (AvgIpc) is 2.68. The first-order valence-electron chi connectivity index (χ1n) is 8.83. The number of benzene rings is 1. The summed E-state index contributed by atoms with van der Waals surface area (Å²) in [5, 5.41) is 14.2. The SMILES string of the molecule is CC1COCCN1c1nc(-c2ccc([N+](=O)[O-])cc2)nc2c1CCNC2.Cl. The molecule has 2 aromatic rings. The summed E-state index contributed by atoms with van der Waals surface area (Å²) in [6, 6.07) is 6.66. The normalized spacial score (nSPS) is 19.1. The van der Waals surface area contributed by atoms with Gasteiger partial charge in [0.15, 0.2) is 5.82 Å². The van der Waals surface area contributed by atoms with Crippen molar-refractivity contribution in [1.82, 2.24) is 15.3 Å². The van der Waals surface area contributed by atoms with E-state index in [0.717, 1.165) is 36.6 Å². The molecule has 1 atom stereocenters. The monoisotopic (exact) mass is 391 g/mol. The number of hydrogen-bond acceptors (Lipinski definition) is 7. The van der Waals surface area contributed by atoms with Gasteiger partial charge in [-0.1, -0.05) is 0 Å². The third-order valence-electron chi connectivity index (χ3n) is 4.89. The van der Waals surface area contributed by atoms with Crippen LogP contribution in [0.5, 0.6) is 0 Å². The maximum atomic E-state index is 10.9. The molecule has 2 aliphatic heterocycles. The van der Waals surface area contributed by atoms with Crippen molar-refractivity contribution < 1.29 is 9.66 Å². The van der Waals surface area contributed by atoms with Gasteiger partial charge in [-0.15, -0.1) is 12.4 Å². The average molecular weight is 392 g/mol. The Morgan fingerprint density at radius 3 is 2.78 bits per heavy atom. The molecule has 8 nitrogen and oxygen atoms in total. The Labute approximate surface area is 163 Å². The molecule has 3 heterocycles. The molecule has 1 fully saturated rings. The van der Waals surface area contributed by atoms with Crippen LogP contribution in [0.1, 0.15) is 18.2 Å². The number of anilines is 1. The van der Waals surface area contributed by atoms with Crippen molar-refractivity contribution in [1.29, 1.82) is 0 Å². The Bertz CT molecular complexity index is 830. The molecule has 0 aliphatic carbocycles. The lowest BCUT2D eigenvalue weighted by molar-refractivity contribution is -0.384. The Morgan fingerprint density at radius 1 is 1.30 bits per heavy atom. The lowest BCUT2D eigenvalue weighted by atomic mass is 10.0. The summed E-state index contributed by atoms with van der Waals surface area (Å²) in [6.45, 7) is 5.94. The number of nitro groups is 1. The van der Waals surface area contributed by atoms with Crippen LogP contribution in [-0.2, 0) is 17.7 Å². The highest BCUT2D eigenvalue weighted by Crippen LogP contribution is 2.30. The minimum Gasteiger partial charge on any atom is -0.377 e. The van der Waals surface area contributed by atoms with Crippen molar-refractivity contribution in [2.45, 2.75) is 25.9 Å². The maximum Gasteiger partial charge on any atom is 0.269 e. The quantitative estimate of drug-likeness (QED) is 0.634. The molecule has 0 spiro atoms. The molecule has 1 unspecified atom stereocenters. The van der Waals surface area contributed by atoms with Crippen molar-refractivity contribution in [2.75, 3.05) is 31.2 Å². The molecule has 1 aromatic carbocycles. The predicted octanol–water partition coefficient (Wildman–Crippen LogP) is 2.34. The fourth-order valence-electron chi connectivity index (χ4n) is 3.48. The van der Waals surface area contributed by atoms with Gasteiger partial charge < -0.3 is 15.0 Å². The molecule has 1 saturated heterocycles. The summed E-state index contributed by atoms with van der Waals surface area (Å²) < 4.78 is 5.57. The second kappa shape index (κ2) is 8.16. The summed E-state index contributed by atoms with van der Waals surface area (Å²) in [4.78, 5) is 22.4. The number of halogens is 1. The molecule has 0 amide bonds. The van der Waals surface area contributed by atoms with Gasteiger partial charge in [-0.3, -0.25) is 10.1 Å². The summed E-state index contributed by atoms with van der Waals surface area (Å²) in [6.07, 6.45) is 0.898. The van der Waals surface area contributed by atoms with Crippen LogP contribution in [0.3, 0.4) is 0 Å². The fraction of sp³-hybridized carbons (Fsp3) is 0.444. The van der Waals surface area contributed by atoms with Crippen LogP contribution in [0.25, 0.3) is 11.4 Å². The van der Waals surface area contributed by atoms with Crippen LogP contribution in [0.4, 0.5) is 11.5 Å². The third kappa shape index (κ3) is 3.87. The lowest BCUT2D eigenvalue weighted by Gasteiger charge is -2.36. The molecule has 0 saturated carbocycles. The van der Waals surface area contributed by atoms with Gasteiger partial charge in [0.1, 0.15) is 5.82 Å². The van der Waals surface area contributed by atoms with E-state index in [4.69, 9.17) is 14.7 Å². The van der Waals surface area contributed by atoms with Gasteiger partial charge in [0, 0.05) is 36.3 Å². The Kier molecular flexibility index (Phi) is 5.88. The van der Waals surface area contributed by atoms with E-state index in [0.29, 0.717) is 25.6 Å². The number of rotatable bonds is 3. The molecule has 4 rings (SSSR count). The van der Waals surface area contributed by atoms with E-state index < -0.39 is 4.92 Å². The largest absolute Gasteiger partial charge is 0.377 e. The minimum absolute atomic E-state index is 0. The van der Waals surface area contributed by atoms with E-state index in [1.807, 2.05) is 0 Å². The van der Waals surface area contributed by atoms with Crippen molar-refractivity contribution in [3.8, 4) is 11.4 Å². The standard InChI is InChI=1S/C18H21N5O3.ClH/c1-12-11-26-9-8-22(12)18-15-6-7-19-10-16(15)20-17(21-18)13-2-4-14(5-3-13)23(24)25;/h2-5,12,19H,6-11H2,1H3;1H. The summed E-state index contributed by atoms with van der Waals surface area (Å²) in [5.74, 6) is 1.58. The molecular weight excluding hydrogens is 370 g/mol. The number of nitrogens with one attached hydrogen (secondary N) is 1. The number of morpholine rings is 1. The van der Waals surface area contributed by atoms with E-state index >= 15 is 0 Å². The molecule has 27 heavy (non-hydrogen) atoms. The number of nitrogens with zero attached hydrogens (tertiary/aromatic N) is 4. The summed E-state index contributed by atoms with van der Waals surface area (Å²) in [7, 11) is 0. The van der Waals surface area contributed by atoms with Crippen LogP contribution in [0.15, 0.2) is 24.3 Å². The van der Waals surface area contributed by atoms with E-state index in [9.17, 15) is 10.1 Å². The summed E-state index contributed by atoms with van der Waals surface area (Å²) in [5.41, 5.74) is 3.05. The van der Waals surface area contributed by atoms with E-state index in [1.165, 1.54) is 17.7 Å². The molecule has 2 aliphatic rings. The second-order valence-electron chi connectivity index (χ2n) is 6.64. The minimum atomic E-state index is -0.401. The van der Waals surface area contributed by atoms with Crippen LogP contribution >= 0.6 is 12.4 Å². The highest BCUT2D eigenvalue weighted by atomic mass is 35.5. The number of ether oxygens (including phenoxy) is 1. The molecule has 0 radical (unpaired) electrons. The Morgan fingerprint density at radius 2 is 2.07 bits per heavy atom. The molecule has 1 N–H and O–H groups in total. The van der Waals surface area contributed by atoms with Gasteiger partial charge in [-0.2, -0.15) is 0 Å². The first kappa shape index (κ1) is 19.5. The van der Waals surface area contributed by atoms with Gasteiger partial charge in [0.05, 0.1) is 29.9 Å². The Balaban J connectivity index is 0.00000210. The predicted molar refractivity (Wildman–Crippen MR) is 104 cm³/mol. The first-order chi connectivity index (χ1) is 12.6. The van der Waals surface area contributed by atoms with Crippen molar-refractivity contribution >= 4 is 23.9 Å². The van der Waals surface area contributed by atoms with Gasteiger partial charge in [-0.25, -0.2) is 9.97 Å². The second-order valence-corrected chi connectivity index (χ2v) is 6.64. The van der Waals surface area contributed by atoms with E-state index in [1.54, 1.807) is 12.1 Å².